The van der Waals surface area contributed by atoms with Crippen LogP contribution in [0.3, 0.4) is 0 Å². The second kappa shape index (κ2) is 11.9. The summed E-state index contributed by atoms with van der Waals surface area (Å²) in [5.41, 5.74) is 6.62. The zero-order chi connectivity index (χ0) is 29.2. The Kier molecular flexibility index (Phi) is 8.88. The molecule has 1 unspecified atom stereocenters. The van der Waals surface area contributed by atoms with E-state index in [9.17, 15) is 14.5 Å². The lowest BCUT2D eigenvalue weighted by atomic mass is 10.0. The Bertz CT molecular complexity index is 1390. The highest BCUT2D eigenvalue weighted by Crippen LogP contribution is 2.48. The molecule has 40 heavy (non-hydrogen) atoms. The first-order valence-corrected chi connectivity index (χ1v) is 14.4. The van der Waals surface area contributed by atoms with Crippen LogP contribution in [-0.4, -0.2) is 73.5 Å². The summed E-state index contributed by atoms with van der Waals surface area (Å²) in [6, 6.07) is 7.26. The third-order valence-corrected chi connectivity index (χ3v) is 8.13. The smallest absolute Gasteiger partial charge is 0.459 e. The number of nitrogens with zero attached hydrogens (tertiary/aromatic N) is 4. The average molecular weight is 598 g/mol. The topological polar surface area (TPSA) is 185 Å². The van der Waals surface area contributed by atoms with Crippen molar-refractivity contribution in [3.05, 3.63) is 36.7 Å². The SMILES string of the molecule is CNc1nc(N)nc2c1ncn2[C@@H]1O[C@H](COP(=O)(N[C@H](C)C(=O)OC(C)C)Oc2ccccc2)[C@@H](O)[C@@]1(C)Cl. The Morgan fingerprint density at radius 1 is 1.30 bits per heavy atom. The van der Waals surface area contributed by atoms with Gasteiger partial charge >= 0.3 is 13.7 Å². The first kappa shape index (κ1) is 30.0. The van der Waals surface area contributed by atoms with E-state index in [0.29, 0.717) is 17.0 Å². The van der Waals surface area contributed by atoms with Crippen LogP contribution >= 0.6 is 19.3 Å². The predicted molar refractivity (Wildman–Crippen MR) is 148 cm³/mol. The minimum Gasteiger partial charge on any atom is -0.462 e. The van der Waals surface area contributed by atoms with Gasteiger partial charge in [0.25, 0.3) is 0 Å². The molecule has 6 atom stereocenters. The summed E-state index contributed by atoms with van der Waals surface area (Å²) in [5, 5.41) is 16.6. The molecule has 0 bridgehead atoms. The first-order chi connectivity index (χ1) is 18.8. The van der Waals surface area contributed by atoms with Gasteiger partial charge in [0.05, 0.1) is 19.0 Å². The van der Waals surface area contributed by atoms with E-state index in [-0.39, 0.29) is 17.8 Å². The van der Waals surface area contributed by atoms with Crippen molar-refractivity contribution in [3.63, 3.8) is 0 Å². The van der Waals surface area contributed by atoms with Gasteiger partial charge in [-0.25, -0.2) is 9.55 Å². The second-order valence-electron chi connectivity index (χ2n) is 9.66. The van der Waals surface area contributed by atoms with Gasteiger partial charge in [-0.3, -0.25) is 13.9 Å². The van der Waals surface area contributed by atoms with Gasteiger partial charge in [-0.05, 0) is 39.8 Å². The number of rotatable bonds is 11. The van der Waals surface area contributed by atoms with Gasteiger partial charge in [0, 0.05) is 7.05 Å². The fourth-order valence-electron chi connectivity index (χ4n) is 4.14. The minimum absolute atomic E-state index is 0.00323. The van der Waals surface area contributed by atoms with Gasteiger partial charge in [-0.15, -0.1) is 11.6 Å². The summed E-state index contributed by atoms with van der Waals surface area (Å²) >= 11 is 6.79. The van der Waals surface area contributed by atoms with Gasteiger partial charge in [-0.1, -0.05) is 18.2 Å². The number of hydrogen-bond donors (Lipinski definition) is 4. The summed E-state index contributed by atoms with van der Waals surface area (Å²) in [6.45, 7) is 6.04. The Balaban J connectivity index is 1.56. The number of aromatic nitrogens is 4. The van der Waals surface area contributed by atoms with Crippen LogP contribution in [-0.2, 0) is 23.4 Å². The van der Waals surface area contributed by atoms with Crippen LogP contribution in [0, 0.1) is 0 Å². The van der Waals surface area contributed by atoms with E-state index in [0.717, 1.165) is 0 Å². The number of nitrogen functional groups attached to an aromatic ring is 1. The van der Waals surface area contributed by atoms with E-state index in [1.54, 1.807) is 58.2 Å². The Morgan fingerprint density at radius 3 is 2.65 bits per heavy atom. The fourth-order valence-corrected chi connectivity index (χ4v) is 5.93. The molecule has 16 heteroatoms. The van der Waals surface area contributed by atoms with Gasteiger partial charge in [-0.2, -0.15) is 15.1 Å². The maximum atomic E-state index is 13.8. The number of para-hydroxylation sites is 1. The molecule has 1 saturated heterocycles. The van der Waals surface area contributed by atoms with Gasteiger partial charge in [0.15, 0.2) is 23.2 Å². The monoisotopic (exact) mass is 597 g/mol. The van der Waals surface area contributed by atoms with Crippen molar-refractivity contribution in [1.29, 1.82) is 0 Å². The van der Waals surface area contributed by atoms with Crippen molar-refractivity contribution in [1.82, 2.24) is 24.6 Å². The number of esters is 1. The van der Waals surface area contributed by atoms with Crippen LogP contribution in [0.2, 0.25) is 0 Å². The predicted octanol–water partition coefficient (Wildman–Crippen LogP) is 2.84. The van der Waals surface area contributed by atoms with Gasteiger partial charge in [0.2, 0.25) is 5.95 Å². The molecule has 1 aliphatic heterocycles. The van der Waals surface area contributed by atoms with Crippen molar-refractivity contribution >= 4 is 48.2 Å². The number of alkyl halides is 1. The molecule has 0 saturated carbocycles. The molecular formula is C24H33ClN7O7P. The lowest BCUT2D eigenvalue weighted by Gasteiger charge is -2.26. The molecule has 1 aliphatic rings. The Labute approximate surface area is 236 Å². The molecule has 3 heterocycles. The molecule has 14 nitrogen and oxygen atoms in total. The number of halogens is 1. The van der Waals surface area contributed by atoms with Gasteiger partial charge < -0.3 is 30.2 Å². The van der Waals surface area contributed by atoms with Crippen LogP contribution in [0.25, 0.3) is 11.2 Å². The number of nitrogens with one attached hydrogen (secondary N) is 2. The van der Waals surface area contributed by atoms with Crippen LogP contribution < -0.4 is 20.7 Å². The number of benzene rings is 1. The largest absolute Gasteiger partial charge is 0.462 e. The van der Waals surface area contributed by atoms with Crippen molar-refractivity contribution < 1.29 is 33.0 Å². The molecule has 0 radical (unpaired) electrons. The minimum atomic E-state index is -4.20. The van der Waals surface area contributed by atoms with Gasteiger partial charge in [0.1, 0.15) is 28.9 Å². The van der Waals surface area contributed by atoms with Crippen LogP contribution in [0.5, 0.6) is 5.75 Å². The highest BCUT2D eigenvalue weighted by atomic mass is 35.5. The summed E-state index contributed by atoms with van der Waals surface area (Å²) in [6.07, 6.45) is -2.23. The summed E-state index contributed by atoms with van der Waals surface area (Å²) in [4.78, 5) is 23.7. The molecule has 1 aromatic carbocycles. The number of fused-ring (bicyclic) bond motifs is 1. The molecular weight excluding hydrogens is 565 g/mol. The molecule has 0 spiro atoms. The highest BCUT2D eigenvalue weighted by Gasteiger charge is 2.54. The van der Waals surface area contributed by atoms with E-state index >= 15 is 0 Å². The van der Waals surface area contributed by atoms with Crippen LogP contribution in [0.15, 0.2) is 36.7 Å². The average Bonchev–Trinajstić information content (AvgIpc) is 3.40. The zero-order valence-corrected chi connectivity index (χ0v) is 24.3. The van der Waals surface area contributed by atoms with Crippen molar-refractivity contribution in [2.75, 3.05) is 24.7 Å². The standard InChI is InChI=1S/C24H33ClN7O7P/c1-13(2)37-21(34)14(3)31-40(35,39-15-9-7-6-8-10-15)36-11-16-18(33)24(4,25)22(38-16)32-12-28-17-19(27-5)29-23(26)30-20(17)32/h6-10,12-14,16,18,22,33H,11H2,1-5H3,(H,31,35)(H3,26,27,29,30)/t14-,16-,18-,22-,24-,40?/m1/s1. The Hall–Kier alpha value is -3.00. The molecule has 4 rings (SSSR count). The number of carbonyl (C=O) groups is 1. The van der Waals surface area contributed by atoms with E-state index in [1.807, 2.05) is 0 Å². The number of anilines is 2. The number of ether oxygens (including phenoxy) is 2. The van der Waals surface area contributed by atoms with Crippen molar-refractivity contribution in [3.8, 4) is 5.75 Å². The van der Waals surface area contributed by atoms with E-state index in [2.05, 4.69) is 25.4 Å². The van der Waals surface area contributed by atoms with E-state index in [4.69, 9.17) is 35.9 Å². The molecule has 5 N–H and O–H groups in total. The summed E-state index contributed by atoms with van der Waals surface area (Å²) < 4.78 is 38.0. The molecule has 2 aromatic heterocycles. The molecule has 1 fully saturated rings. The van der Waals surface area contributed by atoms with E-state index < -0.39 is 49.7 Å². The quantitative estimate of drug-likeness (QED) is 0.144. The second-order valence-corrected chi connectivity index (χ2v) is 12.2. The number of hydrogen-bond acceptors (Lipinski definition) is 12. The Morgan fingerprint density at radius 2 is 2.00 bits per heavy atom. The first-order valence-electron chi connectivity index (χ1n) is 12.5. The maximum Gasteiger partial charge on any atom is 0.459 e. The summed E-state index contributed by atoms with van der Waals surface area (Å²) in [5.74, 6) is 0.00283. The lowest BCUT2D eigenvalue weighted by Crippen LogP contribution is -2.40. The number of aliphatic hydroxyl groups is 1. The summed E-state index contributed by atoms with van der Waals surface area (Å²) in [7, 11) is -2.53. The number of nitrogens with two attached hydrogens (primary N) is 1. The normalized spacial score (nSPS) is 25.1. The number of aliphatic hydroxyl groups excluding tert-OH is 1. The molecule has 3 aromatic rings. The third kappa shape index (κ3) is 6.32. The van der Waals surface area contributed by atoms with Crippen LogP contribution in [0.4, 0.5) is 11.8 Å². The van der Waals surface area contributed by atoms with E-state index in [1.165, 1.54) is 17.8 Å². The fraction of sp³-hybridized carbons (Fsp3) is 0.500. The van der Waals surface area contributed by atoms with Crippen LogP contribution in [0.1, 0.15) is 33.9 Å². The molecule has 0 amide bonds. The molecule has 218 valence electrons. The maximum absolute atomic E-state index is 13.8. The van der Waals surface area contributed by atoms with Crippen molar-refractivity contribution in [2.24, 2.45) is 0 Å². The zero-order valence-electron chi connectivity index (χ0n) is 22.6. The number of imidazole rings is 1. The lowest BCUT2D eigenvalue weighted by molar-refractivity contribution is -0.149. The number of carbonyl (C=O) groups excluding carboxylic acids is 1. The third-order valence-electron chi connectivity index (χ3n) is 6.08. The molecule has 0 aliphatic carbocycles. The van der Waals surface area contributed by atoms with Crippen molar-refractivity contribution in [2.45, 2.75) is 63.2 Å². The highest BCUT2D eigenvalue weighted by molar-refractivity contribution is 7.52.